The number of aliphatic carboxylic acids is 1. The maximum absolute atomic E-state index is 12.5. The first-order valence-electron chi connectivity index (χ1n) is 10.6. The SMILES string of the molecule is CCN(C)CC1CC2(CCN(C(=O)Cc3ccc(O)cc3)CC2)CO1.O=C(O)C(F)(F)F. The molecule has 2 aliphatic heterocycles. The molecule has 0 aromatic heterocycles. The molecule has 1 atom stereocenters. The van der Waals surface area contributed by atoms with Crippen molar-refractivity contribution in [1.29, 1.82) is 0 Å². The van der Waals surface area contributed by atoms with E-state index >= 15 is 0 Å². The van der Waals surface area contributed by atoms with Crippen molar-refractivity contribution in [2.45, 2.75) is 44.9 Å². The Bertz CT molecular complexity index is 762. The zero-order valence-corrected chi connectivity index (χ0v) is 18.4. The number of alkyl halides is 3. The van der Waals surface area contributed by atoms with Gasteiger partial charge in [-0.05, 0) is 56.0 Å². The second-order valence-electron chi connectivity index (χ2n) is 8.52. The highest BCUT2D eigenvalue weighted by Gasteiger charge is 2.43. The summed E-state index contributed by atoms with van der Waals surface area (Å²) in [5.41, 5.74) is 1.23. The first-order chi connectivity index (χ1) is 14.9. The van der Waals surface area contributed by atoms with Crippen LogP contribution in [0.1, 0.15) is 31.7 Å². The van der Waals surface area contributed by atoms with Crippen molar-refractivity contribution in [3.05, 3.63) is 29.8 Å². The number of piperidine rings is 1. The normalized spacial score (nSPS) is 20.2. The molecule has 7 nitrogen and oxygen atoms in total. The Hall–Kier alpha value is -2.33. The topological polar surface area (TPSA) is 90.3 Å². The summed E-state index contributed by atoms with van der Waals surface area (Å²) < 4.78 is 37.8. The van der Waals surface area contributed by atoms with Gasteiger partial charge in [-0.15, -0.1) is 0 Å². The van der Waals surface area contributed by atoms with E-state index < -0.39 is 12.1 Å². The molecular weight excluding hydrogens is 429 g/mol. The van der Waals surface area contributed by atoms with Gasteiger partial charge in [-0.3, -0.25) is 4.79 Å². The Balaban J connectivity index is 0.000000451. The van der Waals surface area contributed by atoms with Crippen molar-refractivity contribution in [2.24, 2.45) is 5.41 Å². The lowest BCUT2D eigenvalue weighted by Gasteiger charge is -2.38. The van der Waals surface area contributed by atoms with E-state index in [1.807, 2.05) is 17.0 Å². The average Bonchev–Trinajstić information content (AvgIpc) is 3.11. The molecule has 1 unspecified atom stereocenters. The number of carbonyl (C=O) groups excluding carboxylic acids is 1. The minimum atomic E-state index is -5.08. The van der Waals surface area contributed by atoms with Gasteiger partial charge in [-0.2, -0.15) is 13.2 Å². The Kier molecular flexibility index (Phi) is 8.91. The van der Waals surface area contributed by atoms with Crippen LogP contribution in [0.15, 0.2) is 24.3 Å². The molecule has 0 radical (unpaired) electrons. The van der Waals surface area contributed by atoms with Gasteiger partial charge in [0.15, 0.2) is 0 Å². The highest BCUT2D eigenvalue weighted by Crippen LogP contribution is 2.42. The van der Waals surface area contributed by atoms with Crippen molar-refractivity contribution in [2.75, 3.05) is 39.8 Å². The summed E-state index contributed by atoms with van der Waals surface area (Å²) in [4.78, 5) is 25.7. The number of benzene rings is 1. The standard InChI is InChI=1S/C20H30N2O3.C2HF3O2/c1-3-21(2)14-18-13-20(15-25-18)8-10-22(11-9-20)19(24)12-16-4-6-17(23)7-5-16;3-2(4,5)1(6)7/h4-7,18,23H,3,8-15H2,1-2H3;(H,6,7). The van der Waals surface area contributed by atoms with E-state index in [4.69, 9.17) is 14.6 Å². The number of likely N-dealkylation sites (N-methyl/N-ethyl adjacent to an activating group) is 1. The summed E-state index contributed by atoms with van der Waals surface area (Å²) in [6.45, 7) is 6.72. The van der Waals surface area contributed by atoms with Crippen LogP contribution in [0, 0.1) is 5.41 Å². The van der Waals surface area contributed by atoms with Crippen LogP contribution >= 0.6 is 0 Å². The third kappa shape index (κ3) is 7.67. The second-order valence-corrected chi connectivity index (χ2v) is 8.52. The summed E-state index contributed by atoms with van der Waals surface area (Å²) in [6.07, 6.45) is -1.13. The smallest absolute Gasteiger partial charge is 0.490 e. The predicted octanol–water partition coefficient (Wildman–Crippen LogP) is 2.92. The van der Waals surface area contributed by atoms with E-state index in [1.54, 1.807) is 12.1 Å². The van der Waals surface area contributed by atoms with Gasteiger partial charge < -0.3 is 24.7 Å². The van der Waals surface area contributed by atoms with E-state index in [-0.39, 0.29) is 17.1 Å². The molecule has 32 heavy (non-hydrogen) atoms. The molecule has 0 saturated carbocycles. The summed E-state index contributed by atoms with van der Waals surface area (Å²) in [7, 11) is 2.14. The number of rotatable bonds is 5. The van der Waals surface area contributed by atoms with E-state index in [0.29, 0.717) is 12.5 Å². The largest absolute Gasteiger partial charge is 0.508 e. The lowest BCUT2D eigenvalue weighted by Crippen LogP contribution is -2.44. The molecule has 10 heteroatoms. The monoisotopic (exact) mass is 460 g/mol. The molecule has 2 heterocycles. The van der Waals surface area contributed by atoms with Gasteiger partial charge >= 0.3 is 12.1 Å². The zero-order valence-electron chi connectivity index (χ0n) is 18.4. The average molecular weight is 460 g/mol. The maximum Gasteiger partial charge on any atom is 0.490 e. The number of carbonyl (C=O) groups is 2. The molecule has 2 fully saturated rings. The van der Waals surface area contributed by atoms with E-state index in [9.17, 15) is 23.1 Å². The van der Waals surface area contributed by atoms with Crippen LogP contribution in [0.25, 0.3) is 0 Å². The number of carboxylic acids is 1. The number of phenolic OH excluding ortho intramolecular Hbond substituents is 1. The number of halogens is 3. The molecule has 3 rings (SSSR count). The number of amides is 1. The minimum absolute atomic E-state index is 0.182. The lowest BCUT2D eigenvalue weighted by atomic mass is 9.76. The maximum atomic E-state index is 12.5. The zero-order chi connectivity index (χ0) is 23.9. The molecule has 1 aromatic rings. The van der Waals surface area contributed by atoms with E-state index in [0.717, 1.165) is 57.6 Å². The molecule has 2 N–H and O–H groups in total. The Morgan fingerprint density at radius 2 is 1.78 bits per heavy atom. The van der Waals surface area contributed by atoms with Gasteiger partial charge in [-0.25, -0.2) is 4.79 Å². The second kappa shape index (κ2) is 11.0. The minimum Gasteiger partial charge on any atom is -0.508 e. The summed E-state index contributed by atoms with van der Waals surface area (Å²) >= 11 is 0. The number of carboxylic acid groups (broad SMARTS) is 1. The molecule has 180 valence electrons. The summed E-state index contributed by atoms with van der Waals surface area (Å²) in [5, 5.41) is 16.5. The highest BCUT2D eigenvalue weighted by atomic mass is 19.4. The highest BCUT2D eigenvalue weighted by molar-refractivity contribution is 5.79. The molecule has 1 amide bonds. The lowest BCUT2D eigenvalue weighted by molar-refractivity contribution is -0.192. The fourth-order valence-electron chi connectivity index (χ4n) is 3.97. The van der Waals surface area contributed by atoms with Crippen molar-refractivity contribution in [3.8, 4) is 5.75 Å². The van der Waals surface area contributed by atoms with Crippen LogP contribution in [0.3, 0.4) is 0 Å². The van der Waals surface area contributed by atoms with Gasteiger partial charge in [-0.1, -0.05) is 19.1 Å². The first kappa shape index (κ1) is 25.9. The van der Waals surface area contributed by atoms with Crippen LogP contribution in [-0.2, 0) is 20.7 Å². The first-order valence-corrected chi connectivity index (χ1v) is 10.6. The van der Waals surface area contributed by atoms with Crippen LogP contribution in [0.4, 0.5) is 13.2 Å². The fourth-order valence-corrected chi connectivity index (χ4v) is 3.97. The third-order valence-corrected chi connectivity index (χ3v) is 6.05. The summed E-state index contributed by atoms with van der Waals surface area (Å²) in [5.74, 6) is -2.34. The Morgan fingerprint density at radius 3 is 2.28 bits per heavy atom. The van der Waals surface area contributed by atoms with Gasteiger partial charge in [0.05, 0.1) is 19.1 Å². The van der Waals surface area contributed by atoms with Crippen molar-refractivity contribution in [1.82, 2.24) is 9.80 Å². The van der Waals surface area contributed by atoms with Gasteiger partial charge in [0.2, 0.25) is 5.91 Å². The number of likely N-dealkylation sites (tertiary alicyclic amines) is 1. The molecule has 0 aliphatic carbocycles. The molecule has 2 aliphatic rings. The molecular formula is C22H31F3N2O5. The van der Waals surface area contributed by atoms with Gasteiger partial charge in [0.1, 0.15) is 5.75 Å². The Morgan fingerprint density at radius 1 is 1.22 bits per heavy atom. The van der Waals surface area contributed by atoms with Gasteiger partial charge in [0.25, 0.3) is 0 Å². The molecule has 0 bridgehead atoms. The molecule has 2 saturated heterocycles. The summed E-state index contributed by atoms with van der Waals surface area (Å²) in [6, 6.07) is 6.91. The number of ether oxygens (including phenoxy) is 1. The van der Waals surface area contributed by atoms with Crippen LogP contribution < -0.4 is 0 Å². The van der Waals surface area contributed by atoms with Crippen molar-refractivity contribution >= 4 is 11.9 Å². The predicted molar refractivity (Wildman–Crippen MR) is 111 cm³/mol. The van der Waals surface area contributed by atoms with Crippen LogP contribution in [-0.4, -0.2) is 84.0 Å². The number of phenols is 1. The fraction of sp³-hybridized carbons (Fsp3) is 0.636. The number of nitrogens with zero attached hydrogens (tertiary/aromatic N) is 2. The van der Waals surface area contributed by atoms with Crippen LogP contribution in [0.2, 0.25) is 0 Å². The molecule has 1 aromatic carbocycles. The van der Waals surface area contributed by atoms with Crippen LogP contribution in [0.5, 0.6) is 5.75 Å². The number of hydrogen-bond donors (Lipinski definition) is 2. The van der Waals surface area contributed by atoms with Gasteiger partial charge in [0, 0.05) is 19.6 Å². The third-order valence-electron chi connectivity index (χ3n) is 6.05. The number of aromatic hydroxyl groups is 1. The number of hydrogen-bond acceptors (Lipinski definition) is 5. The van der Waals surface area contributed by atoms with E-state index in [1.165, 1.54) is 0 Å². The molecule has 1 spiro atoms. The van der Waals surface area contributed by atoms with E-state index in [2.05, 4.69) is 18.9 Å². The Labute approximate surface area is 185 Å². The van der Waals surface area contributed by atoms with Crippen molar-refractivity contribution < 1.29 is 37.7 Å². The quantitative estimate of drug-likeness (QED) is 0.702. The van der Waals surface area contributed by atoms with Crippen molar-refractivity contribution in [3.63, 3.8) is 0 Å².